The molecule has 0 bridgehead atoms. The van der Waals surface area contributed by atoms with Crippen LogP contribution in [0.5, 0.6) is 0 Å². The van der Waals surface area contributed by atoms with Crippen LogP contribution in [-0.2, 0) is 10.0 Å². The maximum Gasteiger partial charge on any atom is 0.337 e. The van der Waals surface area contributed by atoms with Gasteiger partial charge in [-0.3, -0.25) is 0 Å². The molecule has 8 heteroatoms. The molecule has 4 N–H and O–H groups in total. The molecule has 0 aliphatic rings. The molecule has 0 unspecified atom stereocenters. The molecule has 0 heterocycles. The fourth-order valence-corrected chi connectivity index (χ4v) is 2.80. The minimum absolute atomic E-state index is 0.0111. The number of hydrogen-bond acceptors (Lipinski definition) is 5. The van der Waals surface area contributed by atoms with Gasteiger partial charge in [0.05, 0.1) is 10.5 Å². The van der Waals surface area contributed by atoms with Gasteiger partial charge in [0, 0.05) is 25.4 Å². The van der Waals surface area contributed by atoms with Crippen molar-refractivity contribution in [3.8, 4) is 0 Å². The Labute approximate surface area is 124 Å². The van der Waals surface area contributed by atoms with Gasteiger partial charge in [-0.1, -0.05) is 6.92 Å². The molecule has 0 fully saturated rings. The summed E-state index contributed by atoms with van der Waals surface area (Å²) in [5.41, 5.74) is 0.206. The first-order valence-corrected chi connectivity index (χ1v) is 8.12. The van der Waals surface area contributed by atoms with Crippen LogP contribution < -0.4 is 10.0 Å². The topological polar surface area (TPSA) is 116 Å². The molecule has 0 spiro atoms. The van der Waals surface area contributed by atoms with Crippen LogP contribution in [0, 0.1) is 0 Å². The lowest BCUT2D eigenvalue weighted by molar-refractivity contribution is 0.0697. The Morgan fingerprint density at radius 2 is 2.00 bits per heavy atom. The molecule has 21 heavy (non-hydrogen) atoms. The first-order valence-electron chi connectivity index (χ1n) is 6.64. The molecular formula is C13H20N2O5S. The van der Waals surface area contributed by atoms with Crippen LogP contribution in [0.15, 0.2) is 23.1 Å². The van der Waals surface area contributed by atoms with Crippen molar-refractivity contribution in [3.05, 3.63) is 23.8 Å². The molecule has 0 saturated heterocycles. The van der Waals surface area contributed by atoms with E-state index in [1.165, 1.54) is 12.1 Å². The first kappa shape index (κ1) is 17.4. The molecule has 0 aliphatic carbocycles. The highest BCUT2D eigenvalue weighted by atomic mass is 32.2. The van der Waals surface area contributed by atoms with Crippen molar-refractivity contribution in [2.45, 2.75) is 24.7 Å². The zero-order valence-electron chi connectivity index (χ0n) is 11.8. The molecule has 1 aromatic rings. The van der Waals surface area contributed by atoms with E-state index < -0.39 is 16.0 Å². The Hall–Kier alpha value is -1.64. The van der Waals surface area contributed by atoms with Crippen LogP contribution in [0.3, 0.4) is 0 Å². The predicted octanol–water partition coefficient (Wildman–Crippen LogP) is 0.867. The molecule has 1 aromatic carbocycles. The number of nitrogens with one attached hydrogen (secondary N) is 2. The Bertz CT molecular complexity index is 586. The zero-order valence-corrected chi connectivity index (χ0v) is 12.6. The number of aliphatic hydroxyl groups is 1. The maximum absolute atomic E-state index is 12.0. The van der Waals surface area contributed by atoms with Crippen molar-refractivity contribution in [3.63, 3.8) is 0 Å². The number of aliphatic hydroxyl groups excluding tert-OH is 1. The van der Waals surface area contributed by atoms with E-state index in [1.54, 1.807) is 0 Å². The molecule has 118 valence electrons. The smallest absolute Gasteiger partial charge is 0.337 e. The van der Waals surface area contributed by atoms with Crippen LogP contribution in [0.2, 0.25) is 0 Å². The van der Waals surface area contributed by atoms with E-state index in [9.17, 15) is 18.3 Å². The number of aromatic carboxylic acids is 1. The van der Waals surface area contributed by atoms with Gasteiger partial charge in [0.15, 0.2) is 0 Å². The van der Waals surface area contributed by atoms with Crippen molar-refractivity contribution in [1.29, 1.82) is 0 Å². The second-order valence-corrected chi connectivity index (χ2v) is 6.18. The van der Waals surface area contributed by atoms with E-state index in [4.69, 9.17) is 5.11 Å². The molecule has 0 atom stereocenters. The molecule has 1 rings (SSSR count). The second-order valence-electron chi connectivity index (χ2n) is 4.41. The average Bonchev–Trinajstić information content (AvgIpc) is 2.45. The molecule has 0 aromatic heterocycles. The second kappa shape index (κ2) is 7.96. The van der Waals surface area contributed by atoms with Crippen LogP contribution in [0.25, 0.3) is 0 Å². The fourth-order valence-electron chi connectivity index (χ4n) is 1.64. The van der Waals surface area contributed by atoms with E-state index in [0.29, 0.717) is 31.6 Å². The van der Waals surface area contributed by atoms with E-state index in [0.717, 1.165) is 6.07 Å². The average molecular weight is 316 g/mol. The predicted molar refractivity (Wildman–Crippen MR) is 79.1 cm³/mol. The largest absolute Gasteiger partial charge is 0.478 e. The van der Waals surface area contributed by atoms with Crippen molar-refractivity contribution >= 4 is 21.7 Å². The normalized spacial score (nSPS) is 11.3. The monoisotopic (exact) mass is 316 g/mol. The van der Waals surface area contributed by atoms with E-state index in [-0.39, 0.29) is 17.1 Å². The summed E-state index contributed by atoms with van der Waals surface area (Å²) in [5.74, 6) is -1.21. The van der Waals surface area contributed by atoms with Gasteiger partial charge in [-0.15, -0.1) is 0 Å². The SMILES string of the molecule is CCCNS(=O)(=O)c1ccc(NCCCO)c(C(=O)O)c1. The van der Waals surface area contributed by atoms with Crippen LogP contribution in [0.1, 0.15) is 30.1 Å². The Morgan fingerprint density at radius 1 is 1.29 bits per heavy atom. The lowest BCUT2D eigenvalue weighted by Crippen LogP contribution is -2.24. The van der Waals surface area contributed by atoms with Crippen LogP contribution in [0.4, 0.5) is 5.69 Å². The highest BCUT2D eigenvalue weighted by molar-refractivity contribution is 7.89. The van der Waals surface area contributed by atoms with E-state index in [1.807, 2.05) is 6.92 Å². The minimum atomic E-state index is -3.70. The van der Waals surface area contributed by atoms with Gasteiger partial charge in [0.1, 0.15) is 0 Å². The van der Waals surface area contributed by atoms with Gasteiger partial charge < -0.3 is 15.5 Å². The van der Waals surface area contributed by atoms with Crippen molar-refractivity contribution in [2.24, 2.45) is 0 Å². The standard InChI is InChI=1S/C13H20N2O5S/c1-2-6-15-21(19,20)10-4-5-12(14-7-3-8-16)11(9-10)13(17)18/h4-5,9,14-16H,2-3,6-8H2,1H3,(H,17,18). The Balaban J connectivity index is 3.05. The van der Waals surface area contributed by atoms with E-state index in [2.05, 4.69) is 10.0 Å². The highest BCUT2D eigenvalue weighted by Gasteiger charge is 2.18. The molecule has 7 nitrogen and oxygen atoms in total. The van der Waals surface area contributed by atoms with Crippen molar-refractivity contribution < 1.29 is 23.4 Å². The number of sulfonamides is 1. The van der Waals surface area contributed by atoms with Crippen molar-refractivity contribution in [1.82, 2.24) is 4.72 Å². The van der Waals surface area contributed by atoms with Gasteiger partial charge in [-0.25, -0.2) is 17.9 Å². The number of rotatable bonds is 9. The van der Waals surface area contributed by atoms with Crippen LogP contribution >= 0.6 is 0 Å². The summed E-state index contributed by atoms with van der Waals surface area (Å²) >= 11 is 0. The fraction of sp³-hybridized carbons (Fsp3) is 0.462. The summed E-state index contributed by atoms with van der Waals surface area (Å²) in [6.45, 7) is 2.51. The summed E-state index contributed by atoms with van der Waals surface area (Å²) in [6.07, 6.45) is 1.11. The zero-order chi connectivity index (χ0) is 15.9. The maximum atomic E-state index is 12.0. The van der Waals surface area contributed by atoms with Gasteiger partial charge in [0.2, 0.25) is 10.0 Å². The van der Waals surface area contributed by atoms with Gasteiger partial charge in [-0.2, -0.15) is 0 Å². The summed E-state index contributed by atoms with van der Waals surface area (Å²) in [6, 6.07) is 3.90. The molecule has 0 radical (unpaired) electrons. The van der Waals surface area contributed by atoms with E-state index >= 15 is 0 Å². The third-order valence-corrected chi connectivity index (χ3v) is 4.18. The molecule has 0 aliphatic heterocycles. The third kappa shape index (κ3) is 5.00. The molecular weight excluding hydrogens is 296 g/mol. The summed E-state index contributed by atoms with van der Waals surface area (Å²) in [7, 11) is -3.70. The Kier molecular flexibility index (Phi) is 6.60. The summed E-state index contributed by atoms with van der Waals surface area (Å²) < 4.78 is 26.3. The number of carbonyl (C=O) groups is 1. The number of carboxylic acids is 1. The quantitative estimate of drug-likeness (QED) is 0.502. The lowest BCUT2D eigenvalue weighted by atomic mass is 10.2. The summed E-state index contributed by atoms with van der Waals surface area (Å²) in [5, 5.41) is 20.8. The lowest BCUT2D eigenvalue weighted by Gasteiger charge is -2.11. The minimum Gasteiger partial charge on any atom is -0.478 e. The number of benzene rings is 1. The first-order chi connectivity index (χ1) is 9.92. The third-order valence-electron chi connectivity index (χ3n) is 2.72. The molecule has 0 amide bonds. The number of hydrogen-bond donors (Lipinski definition) is 4. The number of anilines is 1. The van der Waals surface area contributed by atoms with Gasteiger partial charge >= 0.3 is 5.97 Å². The molecule has 0 saturated carbocycles. The summed E-state index contributed by atoms with van der Waals surface area (Å²) in [4.78, 5) is 11.2. The van der Waals surface area contributed by atoms with Crippen LogP contribution in [-0.4, -0.2) is 44.3 Å². The Morgan fingerprint density at radius 3 is 2.57 bits per heavy atom. The van der Waals surface area contributed by atoms with Gasteiger partial charge in [0.25, 0.3) is 0 Å². The van der Waals surface area contributed by atoms with Gasteiger partial charge in [-0.05, 0) is 31.0 Å². The number of carboxylic acid groups (broad SMARTS) is 1. The highest BCUT2D eigenvalue weighted by Crippen LogP contribution is 2.20. The van der Waals surface area contributed by atoms with Crippen molar-refractivity contribution in [2.75, 3.05) is 25.0 Å².